The van der Waals surface area contributed by atoms with Crippen LogP contribution in [-0.2, 0) is 9.53 Å². The summed E-state index contributed by atoms with van der Waals surface area (Å²) in [5, 5.41) is 0. The van der Waals surface area contributed by atoms with Crippen molar-refractivity contribution in [2.75, 3.05) is 20.2 Å². The number of carbonyl (C=O) groups is 1. The minimum Gasteiger partial charge on any atom is -0.465 e. The number of carbonyl (C=O) groups excluding carboxylic acids is 1. The number of nitrogens with zero attached hydrogens (tertiary/aromatic N) is 1. The van der Waals surface area contributed by atoms with Crippen LogP contribution in [0.3, 0.4) is 0 Å². The first kappa shape index (κ1) is 16.1. The van der Waals surface area contributed by atoms with Gasteiger partial charge in [-0.1, -0.05) is 31.8 Å². The smallest absolute Gasteiger partial charge is 0.339 e. The van der Waals surface area contributed by atoms with E-state index in [1.807, 2.05) is 6.08 Å². The van der Waals surface area contributed by atoms with E-state index in [1.54, 1.807) is 0 Å². The van der Waals surface area contributed by atoms with Crippen LogP contribution in [0.2, 0.25) is 0 Å². The van der Waals surface area contributed by atoms with Crippen LogP contribution in [0.15, 0.2) is 23.4 Å². The van der Waals surface area contributed by atoms with E-state index in [4.69, 9.17) is 4.74 Å². The molecule has 21 heavy (non-hydrogen) atoms. The van der Waals surface area contributed by atoms with Crippen molar-refractivity contribution in [2.24, 2.45) is 0 Å². The fourth-order valence-corrected chi connectivity index (χ4v) is 3.31. The molecule has 2 rings (SSSR count). The maximum atomic E-state index is 12.2. The van der Waals surface area contributed by atoms with Crippen molar-refractivity contribution in [3.05, 3.63) is 23.4 Å². The highest BCUT2D eigenvalue weighted by molar-refractivity contribution is 5.92. The number of methoxy groups -OCH3 is 1. The number of rotatable bonds is 2. The van der Waals surface area contributed by atoms with Crippen molar-refractivity contribution in [2.45, 2.75) is 64.2 Å². The van der Waals surface area contributed by atoms with Crippen LogP contribution in [0.1, 0.15) is 64.2 Å². The molecular weight excluding hydrogens is 262 g/mol. The van der Waals surface area contributed by atoms with Crippen molar-refractivity contribution in [3.8, 4) is 0 Å². The first-order valence-corrected chi connectivity index (χ1v) is 8.56. The molecule has 0 aromatic carbocycles. The first-order chi connectivity index (χ1) is 10.3. The van der Waals surface area contributed by atoms with Gasteiger partial charge in [0.15, 0.2) is 0 Å². The quantitative estimate of drug-likeness (QED) is 0.714. The zero-order chi connectivity index (χ0) is 14.9. The van der Waals surface area contributed by atoms with Gasteiger partial charge in [0.2, 0.25) is 0 Å². The Morgan fingerprint density at radius 1 is 1.00 bits per heavy atom. The maximum absolute atomic E-state index is 12.2. The summed E-state index contributed by atoms with van der Waals surface area (Å²) in [5.74, 6) is -0.176. The molecule has 3 heteroatoms. The molecule has 1 fully saturated rings. The van der Waals surface area contributed by atoms with Crippen molar-refractivity contribution in [1.82, 2.24) is 4.90 Å². The van der Waals surface area contributed by atoms with Crippen molar-refractivity contribution in [3.63, 3.8) is 0 Å². The molecule has 0 unspecified atom stereocenters. The molecule has 0 atom stereocenters. The molecule has 0 aromatic rings. The van der Waals surface area contributed by atoms with Gasteiger partial charge in [-0.25, -0.2) is 4.79 Å². The van der Waals surface area contributed by atoms with Crippen LogP contribution in [-0.4, -0.2) is 31.1 Å². The van der Waals surface area contributed by atoms with E-state index < -0.39 is 0 Å². The summed E-state index contributed by atoms with van der Waals surface area (Å²) in [6.07, 6.45) is 16.4. The molecule has 0 bridgehead atoms. The molecular formula is C18H29NO2. The zero-order valence-electron chi connectivity index (χ0n) is 13.4. The molecule has 118 valence electrons. The topological polar surface area (TPSA) is 29.5 Å². The third kappa shape index (κ3) is 4.90. The number of hydrogen-bond acceptors (Lipinski definition) is 3. The fraction of sp³-hybridized carbons (Fsp3) is 0.722. The normalized spacial score (nSPS) is 26.8. The van der Waals surface area contributed by atoms with Gasteiger partial charge in [0.25, 0.3) is 0 Å². The molecule has 1 saturated heterocycles. The van der Waals surface area contributed by atoms with E-state index in [1.165, 1.54) is 64.2 Å². The predicted molar refractivity (Wildman–Crippen MR) is 85.9 cm³/mol. The monoisotopic (exact) mass is 291 g/mol. The number of esters is 1. The SMILES string of the molecule is COC(=O)C1=C(\N2CCCC2)CCCCCCCC\C=C\1. The van der Waals surface area contributed by atoms with Gasteiger partial charge in [-0.05, 0) is 44.6 Å². The highest BCUT2D eigenvalue weighted by atomic mass is 16.5. The highest BCUT2D eigenvalue weighted by Crippen LogP contribution is 2.25. The molecule has 3 nitrogen and oxygen atoms in total. The lowest BCUT2D eigenvalue weighted by Gasteiger charge is -2.24. The van der Waals surface area contributed by atoms with Gasteiger partial charge in [-0.3, -0.25) is 0 Å². The van der Waals surface area contributed by atoms with Gasteiger partial charge < -0.3 is 9.64 Å². The van der Waals surface area contributed by atoms with Gasteiger partial charge in [-0.2, -0.15) is 0 Å². The van der Waals surface area contributed by atoms with E-state index in [0.29, 0.717) is 0 Å². The number of likely N-dealkylation sites (tertiary alicyclic amines) is 1. The number of ether oxygens (including phenoxy) is 1. The van der Waals surface area contributed by atoms with Gasteiger partial charge in [0.1, 0.15) is 0 Å². The largest absolute Gasteiger partial charge is 0.465 e. The third-order valence-corrected chi connectivity index (χ3v) is 4.52. The summed E-state index contributed by atoms with van der Waals surface area (Å²) in [4.78, 5) is 14.6. The van der Waals surface area contributed by atoms with Crippen LogP contribution < -0.4 is 0 Å². The highest BCUT2D eigenvalue weighted by Gasteiger charge is 2.21. The Bertz CT molecular complexity index is 392. The van der Waals surface area contributed by atoms with E-state index in [0.717, 1.165) is 31.5 Å². The Kier molecular flexibility index (Phi) is 6.84. The van der Waals surface area contributed by atoms with Crippen LogP contribution in [0.5, 0.6) is 0 Å². The van der Waals surface area contributed by atoms with Crippen LogP contribution in [0.25, 0.3) is 0 Å². The summed E-state index contributed by atoms with van der Waals surface area (Å²) in [7, 11) is 1.49. The summed E-state index contributed by atoms with van der Waals surface area (Å²) >= 11 is 0. The standard InChI is InChI=1S/C18H29NO2/c1-21-18(20)16-12-8-6-4-2-3-5-7-9-13-17(16)19-14-10-11-15-19/h8,12H,2-7,9-11,13-15H2,1H3/b12-8+,17-16-. The summed E-state index contributed by atoms with van der Waals surface area (Å²) < 4.78 is 5.03. The van der Waals surface area contributed by atoms with E-state index in [9.17, 15) is 4.79 Å². The molecule has 1 aliphatic carbocycles. The third-order valence-electron chi connectivity index (χ3n) is 4.52. The average molecular weight is 291 g/mol. The molecule has 0 aromatic heterocycles. The van der Waals surface area contributed by atoms with Crippen LogP contribution >= 0.6 is 0 Å². The Labute approximate surface area is 129 Å². The summed E-state index contributed by atoms with van der Waals surface area (Å²) in [5.41, 5.74) is 2.01. The van der Waals surface area contributed by atoms with Gasteiger partial charge in [-0.15, -0.1) is 0 Å². The molecule has 0 spiro atoms. The average Bonchev–Trinajstić information content (AvgIpc) is 3.01. The van der Waals surface area contributed by atoms with E-state index in [-0.39, 0.29) is 5.97 Å². The minimum atomic E-state index is -0.176. The number of allylic oxidation sites excluding steroid dienone is 2. The second-order valence-electron chi connectivity index (χ2n) is 6.11. The zero-order valence-corrected chi connectivity index (χ0v) is 13.4. The van der Waals surface area contributed by atoms with Crippen LogP contribution in [0, 0.1) is 0 Å². The van der Waals surface area contributed by atoms with Crippen molar-refractivity contribution in [1.29, 1.82) is 0 Å². The first-order valence-electron chi connectivity index (χ1n) is 8.56. The Hall–Kier alpha value is -1.25. The second-order valence-corrected chi connectivity index (χ2v) is 6.11. The molecule has 0 N–H and O–H groups in total. The number of hydrogen-bond donors (Lipinski definition) is 0. The molecule has 0 radical (unpaired) electrons. The fourth-order valence-electron chi connectivity index (χ4n) is 3.31. The lowest BCUT2D eigenvalue weighted by molar-refractivity contribution is -0.135. The minimum absolute atomic E-state index is 0.176. The molecule has 2 aliphatic rings. The van der Waals surface area contributed by atoms with Crippen LogP contribution in [0.4, 0.5) is 0 Å². The lowest BCUT2D eigenvalue weighted by Crippen LogP contribution is -2.23. The van der Waals surface area contributed by atoms with Gasteiger partial charge in [0.05, 0.1) is 12.7 Å². The van der Waals surface area contributed by atoms with Gasteiger partial charge >= 0.3 is 5.97 Å². The molecule has 1 aliphatic heterocycles. The Morgan fingerprint density at radius 3 is 2.38 bits per heavy atom. The summed E-state index contributed by atoms with van der Waals surface area (Å²) in [6, 6.07) is 0. The van der Waals surface area contributed by atoms with Crippen molar-refractivity contribution < 1.29 is 9.53 Å². The Balaban J connectivity index is 2.24. The van der Waals surface area contributed by atoms with E-state index >= 15 is 0 Å². The molecule has 1 heterocycles. The molecule has 0 amide bonds. The molecule has 0 saturated carbocycles. The summed E-state index contributed by atoms with van der Waals surface area (Å²) in [6.45, 7) is 2.17. The maximum Gasteiger partial charge on any atom is 0.339 e. The second kappa shape index (κ2) is 8.91. The lowest BCUT2D eigenvalue weighted by atomic mass is 10.0. The van der Waals surface area contributed by atoms with E-state index in [2.05, 4.69) is 11.0 Å². The van der Waals surface area contributed by atoms with Gasteiger partial charge in [0, 0.05) is 18.8 Å². The Morgan fingerprint density at radius 2 is 1.67 bits per heavy atom. The van der Waals surface area contributed by atoms with Crippen molar-refractivity contribution >= 4 is 5.97 Å². The predicted octanol–water partition coefficient (Wildman–Crippen LogP) is 4.20.